The minimum atomic E-state index is -0.106. The molecule has 0 unspecified atom stereocenters. The minimum absolute atomic E-state index is 0.106. The van der Waals surface area contributed by atoms with E-state index in [9.17, 15) is 4.79 Å². The van der Waals surface area contributed by atoms with Crippen LogP contribution in [-0.4, -0.2) is 18.2 Å². The number of furan rings is 1. The molecular weight excluding hydrogens is 270 g/mol. The van der Waals surface area contributed by atoms with E-state index in [0.717, 1.165) is 5.75 Å². The number of carbonyl (C=O) groups is 1. The summed E-state index contributed by atoms with van der Waals surface area (Å²) in [6.07, 6.45) is 4.72. The van der Waals surface area contributed by atoms with Gasteiger partial charge in [0.2, 0.25) is 5.91 Å². The van der Waals surface area contributed by atoms with Gasteiger partial charge >= 0.3 is 0 Å². The normalized spacial score (nSPS) is 10.8. The standard InChI is InChI=1S/C16H17NO2S/c1-13-4-7-15(8-5-13)20-12-10-17-16(18)9-6-14-3-2-11-19-14/h2-9,11H,10,12H2,1H3,(H,17,18)/b9-6+. The topological polar surface area (TPSA) is 42.2 Å². The van der Waals surface area contributed by atoms with Gasteiger partial charge in [-0.05, 0) is 37.3 Å². The highest BCUT2D eigenvalue weighted by molar-refractivity contribution is 7.99. The second kappa shape index (κ2) is 7.60. The summed E-state index contributed by atoms with van der Waals surface area (Å²) in [7, 11) is 0. The van der Waals surface area contributed by atoms with Crippen molar-refractivity contribution in [1.29, 1.82) is 0 Å². The Labute approximate surface area is 123 Å². The molecule has 1 amide bonds. The first-order valence-corrected chi connectivity index (χ1v) is 7.41. The first-order valence-electron chi connectivity index (χ1n) is 6.43. The van der Waals surface area contributed by atoms with Gasteiger partial charge in [0.25, 0.3) is 0 Å². The van der Waals surface area contributed by atoms with Gasteiger partial charge in [-0.15, -0.1) is 11.8 Å². The van der Waals surface area contributed by atoms with Crippen LogP contribution in [0.1, 0.15) is 11.3 Å². The molecule has 0 aliphatic carbocycles. The van der Waals surface area contributed by atoms with Crippen LogP contribution in [0, 0.1) is 6.92 Å². The second-order valence-electron chi connectivity index (χ2n) is 4.30. The van der Waals surface area contributed by atoms with Gasteiger partial charge in [0.05, 0.1) is 6.26 Å². The van der Waals surface area contributed by atoms with Crippen molar-refractivity contribution < 1.29 is 9.21 Å². The van der Waals surface area contributed by atoms with Gasteiger partial charge in [-0.1, -0.05) is 17.7 Å². The highest BCUT2D eigenvalue weighted by Crippen LogP contribution is 2.17. The van der Waals surface area contributed by atoms with Gasteiger partial charge < -0.3 is 9.73 Å². The van der Waals surface area contributed by atoms with Gasteiger partial charge in [0.1, 0.15) is 5.76 Å². The van der Waals surface area contributed by atoms with E-state index < -0.39 is 0 Å². The Morgan fingerprint density at radius 3 is 2.80 bits per heavy atom. The molecule has 1 aromatic carbocycles. The third kappa shape index (κ3) is 4.97. The van der Waals surface area contributed by atoms with Crippen LogP contribution in [-0.2, 0) is 4.79 Å². The Bertz CT molecular complexity index is 559. The van der Waals surface area contributed by atoms with Crippen LogP contribution in [0.15, 0.2) is 58.1 Å². The minimum Gasteiger partial charge on any atom is -0.465 e. The van der Waals surface area contributed by atoms with Crippen LogP contribution in [0.5, 0.6) is 0 Å². The summed E-state index contributed by atoms with van der Waals surface area (Å²) in [6.45, 7) is 2.71. The third-order valence-electron chi connectivity index (χ3n) is 2.63. The Kier molecular flexibility index (Phi) is 5.50. The van der Waals surface area contributed by atoms with Crippen LogP contribution in [0.3, 0.4) is 0 Å². The Balaban J connectivity index is 1.65. The molecule has 2 rings (SSSR count). The molecule has 0 saturated heterocycles. The maximum absolute atomic E-state index is 11.5. The lowest BCUT2D eigenvalue weighted by Crippen LogP contribution is -2.23. The van der Waals surface area contributed by atoms with E-state index in [1.54, 1.807) is 36.2 Å². The van der Waals surface area contributed by atoms with Crippen molar-refractivity contribution in [2.45, 2.75) is 11.8 Å². The largest absolute Gasteiger partial charge is 0.465 e. The number of nitrogens with one attached hydrogen (secondary N) is 1. The van der Waals surface area contributed by atoms with Crippen LogP contribution >= 0.6 is 11.8 Å². The van der Waals surface area contributed by atoms with Crippen molar-refractivity contribution in [3.63, 3.8) is 0 Å². The molecule has 0 radical (unpaired) electrons. The van der Waals surface area contributed by atoms with Crippen molar-refractivity contribution in [3.05, 3.63) is 60.1 Å². The van der Waals surface area contributed by atoms with E-state index in [4.69, 9.17) is 4.42 Å². The summed E-state index contributed by atoms with van der Waals surface area (Å²) < 4.78 is 5.11. The predicted molar refractivity (Wildman–Crippen MR) is 82.7 cm³/mol. The lowest BCUT2D eigenvalue weighted by molar-refractivity contribution is -0.116. The fourth-order valence-electron chi connectivity index (χ4n) is 1.58. The first-order chi connectivity index (χ1) is 9.74. The Hall–Kier alpha value is -1.94. The maximum Gasteiger partial charge on any atom is 0.244 e. The Morgan fingerprint density at radius 2 is 2.10 bits per heavy atom. The van der Waals surface area contributed by atoms with Gasteiger partial charge in [-0.2, -0.15) is 0 Å². The van der Waals surface area contributed by atoms with Crippen molar-refractivity contribution in [3.8, 4) is 0 Å². The summed E-state index contributed by atoms with van der Waals surface area (Å²) in [4.78, 5) is 12.8. The van der Waals surface area contributed by atoms with Crippen molar-refractivity contribution in [2.75, 3.05) is 12.3 Å². The van der Waals surface area contributed by atoms with Gasteiger partial charge in [-0.3, -0.25) is 4.79 Å². The number of benzene rings is 1. The summed E-state index contributed by atoms with van der Waals surface area (Å²) in [5.41, 5.74) is 1.26. The number of thioether (sulfide) groups is 1. The van der Waals surface area contributed by atoms with Crippen LogP contribution in [0.25, 0.3) is 6.08 Å². The van der Waals surface area contributed by atoms with E-state index >= 15 is 0 Å². The molecular formula is C16H17NO2S. The highest BCUT2D eigenvalue weighted by Gasteiger charge is 1.97. The molecule has 3 nitrogen and oxygen atoms in total. The van der Waals surface area contributed by atoms with Crippen LogP contribution in [0.2, 0.25) is 0 Å². The zero-order valence-electron chi connectivity index (χ0n) is 11.3. The van der Waals surface area contributed by atoms with Crippen molar-refractivity contribution in [1.82, 2.24) is 5.32 Å². The average Bonchev–Trinajstić information content (AvgIpc) is 2.96. The number of rotatable bonds is 6. The lowest BCUT2D eigenvalue weighted by Gasteiger charge is -2.03. The van der Waals surface area contributed by atoms with Gasteiger partial charge in [0, 0.05) is 23.3 Å². The molecule has 0 saturated carbocycles. The molecule has 1 N–H and O–H groups in total. The van der Waals surface area contributed by atoms with Gasteiger partial charge in [0.15, 0.2) is 0 Å². The zero-order valence-corrected chi connectivity index (χ0v) is 12.2. The summed E-state index contributed by atoms with van der Waals surface area (Å²) in [6, 6.07) is 12.0. The molecule has 104 valence electrons. The zero-order chi connectivity index (χ0) is 14.2. The molecule has 0 bridgehead atoms. The lowest BCUT2D eigenvalue weighted by atomic mass is 10.2. The fraction of sp³-hybridized carbons (Fsp3) is 0.188. The van der Waals surface area contributed by atoms with Crippen molar-refractivity contribution >= 4 is 23.7 Å². The SMILES string of the molecule is Cc1ccc(SCCNC(=O)/C=C/c2ccco2)cc1. The van der Waals surface area contributed by atoms with Crippen LogP contribution < -0.4 is 5.32 Å². The number of aryl methyl sites for hydroxylation is 1. The smallest absolute Gasteiger partial charge is 0.244 e. The Morgan fingerprint density at radius 1 is 1.30 bits per heavy atom. The molecule has 0 aliphatic rings. The molecule has 2 aromatic rings. The molecule has 1 aromatic heterocycles. The van der Waals surface area contributed by atoms with Crippen molar-refractivity contribution in [2.24, 2.45) is 0 Å². The maximum atomic E-state index is 11.5. The predicted octanol–water partition coefficient (Wildman–Crippen LogP) is 3.51. The number of hydrogen-bond donors (Lipinski definition) is 1. The molecule has 4 heteroatoms. The second-order valence-corrected chi connectivity index (χ2v) is 5.47. The fourth-order valence-corrected chi connectivity index (χ4v) is 2.35. The molecule has 0 atom stereocenters. The van der Waals surface area contributed by atoms with E-state index in [2.05, 4.69) is 36.5 Å². The molecule has 20 heavy (non-hydrogen) atoms. The molecule has 0 spiro atoms. The molecule has 0 aliphatic heterocycles. The summed E-state index contributed by atoms with van der Waals surface area (Å²) >= 11 is 1.73. The number of amides is 1. The molecule has 1 heterocycles. The van der Waals surface area contributed by atoms with Gasteiger partial charge in [-0.25, -0.2) is 0 Å². The highest BCUT2D eigenvalue weighted by atomic mass is 32.2. The third-order valence-corrected chi connectivity index (χ3v) is 3.65. The van der Waals surface area contributed by atoms with E-state index in [1.165, 1.54) is 16.5 Å². The average molecular weight is 287 g/mol. The number of carbonyl (C=O) groups excluding carboxylic acids is 1. The van der Waals surface area contributed by atoms with E-state index in [0.29, 0.717) is 12.3 Å². The van der Waals surface area contributed by atoms with E-state index in [-0.39, 0.29) is 5.91 Å². The summed E-state index contributed by atoms with van der Waals surface area (Å²) in [5, 5.41) is 2.84. The molecule has 0 fully saturated rings. The monoisotopic (exact) mass is 287 g/mol. The van der Waals surface area contributed by atoms with Crippen LogP contribution in [0.4, 0.5) is 0 Å². The number of hydrogen-bond acceptors (Lipinski definition) is 3. The summed E-state index contributed by atoms with van der Waals surface area (Å²) in [5.74, 6) is 1.42. The van der Waals surface area contributed by atoms with E-state index in [1.807, 2.05) is 0 Å². The quantitative estimate of drug-likeness (QED) is 0.502. The first kappa shape index (κ1) is 14.5.